The van der Waals surface area contributed by atoms with Crippen molar-refractivity contribution in [2.24, 2.45) is 0 Å². The third-order valence-electron chi connectivity index (χ3n) is 3.18. The summed E-state index contributed by atoms with van der Waals surface area (Å²) in [4.78, 5) is 8.75. The maximum atomic E-state index is 4.48. The fraction of sp³-hybridized carbons (Fsp3) is 0.375. The van der Waals surface area contributed by atoms with Gasteiger partial charge in [-0.2, -0.15) is 4.98 Å². The monoisotopic (exact) mass is 348 g/mol. The van der Waals surface area contributed by atoms with Crippen LogP contribution in [-0.2, 0) is 0 Å². The summed E-state index contributed by atoms with van der Waals surface area (Å²) in [7, 11) is 0. The first-order chi connectivity index (χ1) is 10.2. The van der Waals surface area contributed by atoms with Crippen molar-refractivity contribution in [2.75, 3.05) is 17.2 Å². The average Bonchev–Trinajstić information content (AvgIpc) is 2.47. The lowest BCUT2D eigenvalue weighted by molar-refractivity contribution is 0.742. The smallest absolute Gasteiger partial charge is 0.229 e. The zero-order chi connectivity index (χ0) is 15.1. The van der Waals surface area contributed by atoms with Gasteiger partial charge in [-0.25, -0.2) is 4.98 Å². The minimum Gasteiger partial charge on any atom is -0.370 e. The second-order valence-electron chi connectivity index (χ2n) is 4.98. The topological polar surface area (TPSA) is 49.8 Å². The van der Waals surface area contributed by atoms with Gasteiger partial charge < -0.3 is 10.6 Å². The number of nitrogens with zero attached hydrogens (tertiary/aromatic N) is 2. The summed E-state index contributed by atoms with van der Waals surface area (Å²) < 4.78 is 1.07. The van der Waals surface area contributed by atoms with Crippen LogP contribution in [0, 0.1) is 6.92 Å². The Hall–Kier alpha value is -1.62. The van der Waals surface area contributed by atoms with Crippen LogP contribution in [0.3, 0.4) is 0 Å². The highest BCUT2D eigenvalue weighted by Gasteiger charge is 2.03. The molecule has 0 saturated heterocycles. The van der Waals surface area contributed by atoms with E-state index in [0.29, 0.717) is 5.95 Å². The summed E-state index contributed by atoms with van der Waals surface area (Å²) >= 11 is 3.47. The summed E-state index contributed by atoms with van der Waals surface area (Å²) in [5.74, 6) is 1.47. The van der Waals surface area contributed by atoms with E-state index in [4.69, 9.17) is 0 Å². The van der Waals surface area contributed by atoms with Gasteiger partial charge in [0, 0.05) is 22.9 Å². The number of anilines is 3. The number of halogens is 1. The molecule has 2 aromatic rings. The average molecular weight is 349 g/mol. The van der Waals surface area contributed by atoms with Crippen molar-refractivity contribution in [1.29, 1.82) is 0 Å². The Kier molecular flexibility index (Phi) is 5.99. The lowest BCUT2D eigenvalue weighted by Crippen LogP contribution is -2.05. The van der Waals surface area contributed by atoms with Crippen LogP contribution in [0.2, 0.25) is 0 Å². The molecule has 0 aliphatic carbocycles. The van der Waals surface area contributed by atoms with Crippen LogP contribution < -0.4 is 10.6 Å². The molecule has 0 spiro atoms. The van der Waals surface area contributed by atoms with Gasteiger partial charge in [-0.15, -0.1) is 0 Å². The fourth-order valence-corrected chi connectivity index (χ4v) is 2.47. The molecule has 0 bridgehead atoms. The van der Waals surface area contributed by atoms with Gasteiger partial charge in [-0.05, 0) is 43.2 Å². The molecule has 0 amide bonds. The molecule has 2 N–H and O–H groups in total. The van der Waals surface area contributed by atoms with Crippen molar-refractivity contribution in [3.63, 3.8) is 0 Å². The van der Waals surface area contributed by atoms with Crippen LogP contribution in [0.25, 0.3) is 0 Å². The molecule has 0 fully saturated rings. The lowest BCUT2D eigenvalue weighted by atomic mass is 10.2. The van der Waals surface area contributed by atoms with E-state index in [-0.39, 0.29) is 0 Å². The van der Waals surface area contributed by atoms with Gasteiger partial charge >= 0.3 is 0 Å². The van der Waals surface area contributed by atoms with Crippen LogP contribution in [0.15, 0.2) is 34.9 Å². The number of rotatable bonds is 7. The molecular formula is C16H21BrN4. The van der Waals surface area contributed by atoms with E-state index in [1.54, 1.807) is 6.20 Å². The molecule has 0 radical (unpaired) electrons. The molecule has 2 rings (SSSR count). The number of nitrogens with one attached hydrogen (secondary N) is 2. The second kappa shape index (κ2) is 7.98. The van der Waals surface area contributed by atoms with Gasteiger partial charge in [0.05, 0.1) is 0 Å². The summed E-state index contributed by atoms with van der Waals surface area (Å²) in [6.45, 7) is 5.20. The molecule has 112 valence electrons. The molecule has 0 aliphatic rings. The SMILES string of the molecule is CCCCCNc1ccnc(Nc2ccc(Br)cc2C)n1. The first-order valence-corrected chi connectivity index (χ1v) is 8.08. The predicted molar refractivity (Wildman–Crippen MR) is 92.2 cm³/mol. The van der Waals surface area contributed by atoms with E-state index in [1.807, 2.05) is 18.2 Å². The molecule has 1 aromatic heterocycles. The predicted octanol–water partition coefficient (Wildman–Crippen LogP) is 4.89. The summed E-state index contributed by atoms with van der Waals surface area (Å²) in [5.41, 5.74) is 2.16. The van der Waals surface area contributed by atoms with Gasteiger partial charge in [-0.1, -0.05) is 35.7 Å². The summed E-state index contributed by atoms with van der Waals surface area (Å²) in [6, 6.07) is 7.98. The van der Waals surface area contributed by atoms with Gasteiger partial charge in [0.15, 0.2) is 0 Å². The highest BCUT2D eigenvalue weighted by atomic mass is 79.9. The number of hydrogen-bond acceptors (Lipinski definition) is 4. The largest absolute Gasteiger partial charge is 0.370 e. The van der Waals surface area contributed by atoms with E-state index >= 15 is 0 Å². The third-order valence-corrected chi connectivity index (χ3v) is 3.67. The number of unbranched alkanes of at least 4 members (excludes halogenated alkanes) is 2. The molecule has 0 atom stereocenters. The number of aryl methyl sites for hydroxylation is 1. The Morgan fingerprint density at radius 3 is 2.81 bits per heavy atom. The first kappa shape index (κ1) is 15.8. The Morgan fingerprint density at radius 1 is 1.19 bits per heavy atom. The van der Waals surface area contributed by atoms with Crippen LogP contribution >= 0.6 is 15.9 Å². The molecule has 1 heterocycles. The Morgan fingerprint density at radius 2 is 2.05 bits per heavy atom. The quantitative estimate of drug-likeness (QED) is 0.699. The van der Waals surface area contributed by atoms with Crippen LogP contribution in [0.4, 0.5) is 17.5 Å². The molecule has 0 unspecified atom stereocenters. The standard InChI is InChI=1S/C16H21BrN4/c1-3-4-5-9-18-15-8-10-19-16(21-15)20-14-7-6-13(17)11-12(14)2/h6-8,10-11H,3-5,9H2,1-2H3,(H2,18,19,20,21). The van der Waals surface area contributed by atoms with Gasteiger partial charge in [0.1, 0.15) is 5.82 Å². The van der Waals surface area contributed by atoms with Crippen molar-refractivity contribution in [1.82, 2.24) is 9.97 Å². The Bertz CT molecular complexity index is 586. The van der Waals surface area contributed by atoms with Crippen molar-refractivity contribution in [2.45, 2.75) is 33.1 Å². The van der Waals surface area contributed by atoms with Gasteiger partial charge in [0.25, 0.3) is 0 Å². The molecule has 1 aromatic carbocycles. The number of benzene rings is 1. The molecular weight excluding hydrogens is 328 g/mol. The lowest BCUT2D eigenvalue weighted by Gasteiger charge is -2.10. The highest BCUT2D eigenvalue weighted by Crippen LogP contribution is 2.22. The maximum Gasteiger partial charge on any atom is 0.229 e. The van der Waals surface area contributed by atoms with E-state index in [0.717, 1.165) is 34.5 Å². The fourth-order valence-electron chi connectivity index (χ4n) is 2.00. The zero-order valence-electron chi connectivity index (χ0n) is 12.5. The summed E-state index contributed by atoms with van der Waals surface area (Å²) in [5, 5.41) is 6.59. The molecule has 21 heavy (non-hydrogen) atoms. The van der Waals surface area contributed by atoms with E-state index in [9.17, 15) is 0 Å². The third kappa shape index (κ3) is 5.01. The minimum atomic E-state index is 0.612. The van der Waals surface area contributed by atoms with Crippen LogP contribution in [0.5, 0.6) is 0 Å². The van der Waals surface area contributed by atoms with E-state index in [2.05, 4.69) is 56.4 Å². The van der Waals surface area contributed by atoms with Crippen molar-refractivity contribution in [3.8, 4) is 0 Å². The summed E-state index contributed by atoms with van der Waals surface area (Å²) in [6.07, 6.45) is 5.39. The normalized spacial score (nSPS) is 10.4. The van der Waals surface area contributed by atoms with Gasteiger partial charge in [0.2, 0.25) is 5.95 Å². The van der Waals surface area contributed by atoms with E-state index in [1.165, 1.54) is 12.8 Å². The van der Waals surface area contributed by atoms with Crippen molar-refractivity contribution < 1.29 is 0 Å². The molecule has 5 heteroatoms. The van der Waals surface area contributed by atoms with Crippen molar-refractivity contribution >= 4 is 33.4 Å². The van der Waals surface area contributed by atoms with E-state index < -0.39 is 0 Å². The zero-order valence-corrected chi connectivity index (χ0v) is 14.1. The number of aromatic nitrogens is 2. The molecule has 0 aliphatic heterocycles. The van der Waals surface area contributed by atoms with Crippen LogP contribution in [-0.4, -0.2) is 16.5 Å². The Balaban J connectivity index is 2.00. The van der Waals surface area contributed by atoms with Gasteiger partial charge in [-0.3, -0.25) is 0 Å². The maximum absolute atomic E-state index is 4.48. The van der Waals surface area contributed by atoms with Crippen LogP contribution in [0.1, 0.15) is 31.7 Å². The second-order valence-corrected chi connectivity index (χ2v) is 5.90. The highest BCUT2D eigenvalue weighted by molar-refractivity contribution is 9.10. The first-order valence-electron chi connectivity index (χ1n) is 7.29. The Labute approximate surface area is 134 Å². The number of hydrogen-bond donors (Lipinski definition) is 2. The molecule has 0 saturated carbocycles. The van der Waals surface area contributed by atoms with Crippen molar-refractivity contribution in [3.05, 3.63) is 40.5 Å². The minimum absolute atomic E-state index is 0.612. The molecule has 4 nitrogen and oxygen atoms in total.